The lowest BCUT2D eigenvalue weighted by Crippen LogP contribution is -2.40. The smallest absolute Gasteiger partial charge is 0.0589 e. The molecule has 1 aromatic carbocycles. The van der Waals surface area contributed by atoms with E-state index < -0.39 is 0 Å². The van der Waals surface area contributed by atoms with Crippen molar-refractivity contribution in [3.05, 3.63) is 34.3 Å². The van der Waals surface area contributed by atoms with Crippen molar-refractivity contribution < 1.29 is 4.74 Å². The normalized spacial score (nSPS) is 20.5. The molecule has 1 aliphatic heterocycles. The first-order valence-electron chi connectivity index (χ1n) is 7.42. The van der Waals surface area contributed by atoms with E-state index in [1.807, 2.05) is 0 Å². The number of ether oxygens (including phenoxy) is 1. The lowest BCUT2D eigenvalue weighted by atomic mass is 10.1. The largest absolute Gasteiger partial charge is 0.383 e. The fraction of sp³-hybridized carbons (Fsp3) is 0.625. The molecule has 1 fully saturated rings. The van der Waals surface area contributed by atoms with E-state index in [1.165, 1.54) is 18.4 Å². The van der Waals surface area contributed by atoms with Gasteiger partial charge in [0.2, 0.25) is 0 Å². The van der Waals surface area contributed by atoms with Crippen molar-refractivity contribution in [3.8, 4) is 0 Å². The average molecular weight is 341 g/mol. The molecule has 4 heteroatoms. The minimum atomic E-state index is 0.407. The molecule has 0 saturated carbocycles. The van der Waals surface area contributed by atoms with Gasteiger partial charge in [-0.25, -0.2) is 0 Å². The average Bonchev–Trinajstić information content (AvgIpc) is 2.95. The van der Waals surface area contributed by atoms with Crippen molar-refractivity contribution in [1.29, 1.82) is 0 Å². The molecular formula is C16H25BrN2O. The number of rotatable bonds is 7. The van der Waals surface area contributed by atoms with Crippen LogP contribution in [0.1, 0.15) is 31.4 Å². The molecule has 3 nitrogen and oxygen atoms in total. The maximum atomic E-state index is 5.28. The molecule has 1 heterocycles. The number of hydrogen-bond acceptors (Lipinski definition) is 3. The van der Waals surface area contributed by atoms with Gasteiger partial charge in [-0.05, 0) is 44.0 Å². The number of nitrogens with one attached hydrogen (secondary N) is 1. The highest BCUT2D eigenvalue weighted by Crippen LogP contribution is 2.24. The first kappa shape index (κ1) is 16.0. The lowest BCUT2D eigenvalue weighted by Gasteiger charge is -2.31. The maximum Gasteiger partial charge on any atom is 0.0589 e. The number of benzene rings is 1. The number of halogens is 1. The highest BCUT2D eigenvalue weighted by molar-refractivity contribution is 9.10. The summed E-state index contributed by atoms with van der Waals surface area (Å²) in [5, 5.41) is 3.59. The molecule has 20 heavy (non-hydrogen) atoms. The quantitative estimate of drug-likeness (QED) is 0.824. The summed E-state index contributed by atoms with van der Waals surface area (Å²) in [6, 6.07) is 9.64. The Balaban J connectivity index is 2.03. The fourth-order valence-electron chi connectivity index (χ4n) is 2.82. The third-order valence-electron chi connectivity index (χ3n) is 4.08. The van der Waals surface area contributed by atoms with E-state index in [9.17, 15) is 0 Å². The molecule has 2 atom stereocenters. The van der Waals surface area contributed by atoms with Gasteiger partial charge in [-0.2, -0.15) is 0 Å². The zero-order valence-corrected chi connectivity index (χ0v) is 14.0. The highest BCUT2D eigenvalue weighted by Gasteiger charge is 2.22. The predicted octanol–water partition coefficient (Wildman–Crippen LogP) is 3.21. The summed E-state index contributed by atoms with van der Waals surface area (Å²) in [7, 11) is 1.77. The highest BCUT2D eigenvalue weighted by atomic mass is 79.9. The Hall–Kier alpha value is -0.420. The molecule has 112 valence electrons. The van der Waals surface area contributed by atoms with E-state index in [1.54, 1.807) is 7.11 Å². The maximum absolute atomic E-state index is 5.28. The van der Waals surface area contributed by atoms with Crippen LogP contribution in [0.3, 0.4) is 0 Å². The van der Waals surface area contributed by atoms with Gasteiger partial charge in [-0.15, -0.1) is 0 Å². The van der Waals surface area contributed by atoms with Gasteiger partial charge >= 0.3 is 0 Å². The summed E-state index contributed by atoms with van der Waals surface area (Å²) in [6.45, 7) is 6.30. The van der Waals surface area contributed by atoms with E-state index in [-0.39, 0.29) is 0 Å². The second-order valence-electron chi connectivity index (χ2n) is 5.51. The summed E-state index contributed by atoms with van der Waals surface area (Å²) in [5.74, 6) is 0. The van der Waals surface area contributed by atoms with Crippen LogP contribution in [0, 0.1) is 0 Å². The molecule has 1 aliphatic rings. The Morgan fingerprint density at radius 1 is 1.50 bits per heavy atom. The van der Waals surface area contributed by atoms with Crippen LogP contribution in [0.2, 0.25) is 0 Å². The van der Waals surface area contributed by atoms with Gasteiger partial charge in [0.15, 0.2) is 0 Å². The Morgan fingerprint density at radius 3 is 3.00 bits per heavy atom. The fourth-order valence-corrected chi connectivity index (χ4v) is 3.24. The van der Waals surface area contributed by atoms with Crippen molar-refractivity contribution in [2.45, 2.75) is 31.8 Å². The van der Waals surface area contributed by atoms with Gasteiger partial charge in [0.1, 0.15) is 0 Å². The standard InChI is InChI=1S/C16H25BrN2O/c1-13(14-5-3-6-15(17)11-14)19(9-10-20-2)12-16-7-4-8-18-16/h3,5-6,11,13,16,18H,4,7-10,12H2,1-2H3. The topological polar surface area (TPSA) is 24.5 Å². The van der Waals surface area contributed by atoms with Gasteiger partial charge < -0.3 is 10.1 Å². The molecule has 0 bridgehead atoms. The van der Waals surface area contributed by atoms with Crippen LogP contribution in [-0.2, 0) is 4.74 Å². The van der Waals surface area contributed by atoms with Crippen LogP contribution in [0.5, 0.6) is 0 Å². The van der Waals surface area contributed by atoms with Gasteiger partial charge in [0, 0.05) is 36.8 Å². The molecule has 0 aliphatic carbocycles. The monoisotopic (exact) mass is 340 g/mol. The predicted molar refractivity (Wildman–Crippen MR) is 87.0 cm³/mol. The Morgan fingerprint density at radius 2 is 2.35 bits per heavy atom. The second-order valence-corrected chi connectivity index (χ2v) is 6.43. The summed E-state index contributed by atoms with van der Waals surface area (Å²) in [6.07, 6.45) is 2.59. The molecule has 1 N–H and O–H groups in total. The minimum absolute atomic E-state index is 0.407. The Bertz CT molecular complexity index is 407. The van der Waals surface area contributed by atoms with Crippen molar-refractivity contribution >= 4 is 15.9 Å². The molecule has 1 aromatic rings. The van der Waals surface area contributed by atoms with Crippen LogP contribution >= 0.6 is 15.9 Å². The molecule has 1 saturated heterocycles. The van der Waals surface area contributed by atoms with Crippen LogP contribution in [0.4, 0.5) is 0 Å². The van der Waals surface area contributed by atoms with Crippen LogP contribution in [-0.4, -0.2) is 44.3 Å². The molecule has 2 unspecified atom stereocenters. The third kappa shape index (κ3) is 4.55. The molecule has 0 spiro atoms. The first-order valence-corrected chi connectivity index (χ1v) is 8.22. The zero-order chi connectivity index (χ0) is 14.4. The van der Waals surface area contributed by atoms with Gasteiger partial charge in [-0.3, -0.25) is 4.90 Å². The molecule has 0 aromatic heterocycles. The molecule has 0 amide bonds. The van der Waals surface area contributed by atoms with Gasteiger partial charge in [0.05, 0.1) is 6.61 Å². The van der Waals surface area contributed by atoms with Crippen LogP contribution in [0.25, 0.3) is 0 Å². The van der Waals surface area contributed by atoms with Gasteiger partial charge in [0.25, 0.3) is 0 Å². The zero-order valence-electron chi connectivity index (χ0n) is 12.4. The van der Waals surface area contributed by atoms with Crippen molar-refractivity contribution in [2.24, 2.45) is 0 Å². The second kappa shape index (κ2) is 8.13. The van der Waals surface area contributed by atoms with E-state index in [2.05, 4.69) is 57.3 Å². The first-order chi connectivity index (χ1) is 9.70. The van der Waals surface area contributed by atoms with E-state index >= 15 is 0 Å². The van der Waals surface area contributed by atoms with Gasteiger partial charge in [-0.1, -0.05) is 28.1 Å². The van der Waals surface area contributed by atoms with Crippen molar-refractivity contribution in [1.82, 2.24) is 10.2 Å². The van der Waals surface area contributed by atoms with Crippen LogP contribution in [0.15, 0.2) is 28.7 Å². The minimum Gasteiger partial charge on any atom is -0.383 e. The molecule has 0 radical (unpaired) electrons. The SMILES string of the molecule is COCCN(CC1CCCN1)C(C)c1cccc(Br)c1. The third-order valence-corrected chi connectivity index (χ3v) is 4.57. The Kier molecular flexibility index (Phi) is 6.49. The number of hydrogen-bond donors (Lipinski definition) is 1. The van der Waals surface area contributed by atoms with E-state index in [4.69, 9.17) is 4.74 Å². The van der Waals surface area contributed by atoms with E-state index in [0.29, 0.717) is 12.1 Å². The summed E-state index contributed by atoms with van der Waals surface area (Å²) in [5.41, 5.74) is 1.36. The Labute approximate surface area is 130 Å². The summed E-state index contributed by atoms with van der Waals surface area (Å²) >= 11 is 3.56. The number of nitrogens with zero attached hydrogens (tertiary/aromatic N) is 1. The lowest BCUT2D eigenvalue weighted by molar-refractivity contribution is 0.118. The molecular weight excluding hydrogens is 316 g/mol. The van der Waals surface area contributed by atoms with Crippen molar-refractivity contribution in [2.75, 3.05) is 33.4 Å². The van der Waals surface area contributed by atoms with E-state index in [0.717, 1.165) is 30.7 Å². The van der Waals surface area contributed by atoms with Crippen molar-refractivity contribution in [3.63, 3.8) is 0 Å². The molecule has 2 rings (SSSR count). The summed E-state index contributed by atoms with van der Waals surface area (Å²) in [4.78, 5) is 2.52. The van der Waals surface area contributed by atoms with Crippen LogP contribution < -0.4 is 5.32 Å². The number of methoxy groups -OCH3 is 1. The summed E-state index contributed by atoms with van der Waals surface area (Å²) < 4.78 is 6.42.